The van der Waals surface area contributed by atoms with E-state index in [1.54, 1.807) is 7.11 Å². The first-order chi connectivity index (χ1) is 16.4. The lowest BCUT2D eigenvalue weighted by molar-refractivity contribution is 0.148. The molecule has 178 valence electrons. The van der Waals surface area contributed by atoms with Crippen molar-refractivity contribution in [2.75, 3.05) is 24.7 Å². The lowest BCUT2D eigenvalue weighted by Gasteiger charge is -2.25. The first-order valence-electron chi connectivity index (χ1n) is 10.6. The molecule has 2 heterocycles. The Balaban J connectivity index is 1.52. The van der Waals surface area contributed by atoms with Crippen LogP contribution < -0.4 is 21.1 Å². The molecule has 34 heavy (non-hydrogen) atoms. The fourth-order valence-corrected chi connectivity index (χ4v) is 3.69. The molecule has 0 aliphatic carbocycles. The number of benzene rings is 2. The van der Waals surface area contributed by atoms with Gasteiger partial charge < -0.3 is 31.2 Å². The van der Waals surface area contributed by atoms with Gasteiger partial charge in [-0.15, -0.1) is 0 Å². The molecule has 6 N–H and O–H groups in total. The number of nitrogens with one attached hydrogen (secondary N) is 3. The van der Waals surface area contributed by atoms with Gasteiger partial charge in [0.2, 0.25) is 5.95 Å². The minimum atomic E-state index is -0.953. The third kappa shape index (κ3) is 5.74. The van der Waals surface area contributed by atoms with Crippen LogP contribution >= 0.6 is 0 Å². The van der Waals surface area contributed by atoms with Crippen molar-refractivity contribution >= 4 is 22.9 Å². The number of aliphatic hydroxyl groups is 1. The number of imidazole rings is 1. The third-order valence-electron chi connectivity index (χ3n) is 5.28. The number of hydrogen-bond donors (Lipinski definition) is 5. The number of fused-ring (bicyclic) bond motifs is 1. The molecule has 0 unspecified atom stereocenters. The van der Waals surface area contributed by atoms with Gasteiger partial charge in [0.15, 0.2) is 11.5 Å². The summed E-state index contributed by atoms with van der Waals surface area (Å²) in [5.41, 5.74) is 8.01. The summed E-state index contributed by atoms with van der Waals surface area (Å²) >= 11 is 0. The van der Waals surface area contributed by atoms with Gasteiger partial charge in [-0.2, -0.15) is 9.97 Å². The van der Waals surface area contributed by atoms with E-state index in [0.29, 0.717) is 29.1 Å². The van der Waals surface area contributed by atoms with Gasteiger partial charge >= 0.3 is 0 Å². The number of ether oxygens (including phenoxy) is 1. The highest BCUT2D eigenvalue weighted by molar-refractivity contribution is 5.83. The maximum absolute atomic E-state index is 13.8. The van der Waals surface area contributed by atoms with E-state index in [1.165, 1.54) is 18.5 Å². The molecule has 9 nitrogen and oxygen atoms in total. The Labute approximate surface area is 194 Å². The Bertz CT molecular complexity index is 1250. The molecular weight excluding hydrogens is 444 g/mol. The Hall–Kier alpha value is -3.83. The number of rotatable bonds is 10. The van der Waals surface area contributed by atoms with E-state index in [9.17, 15) is 13.9 Å². The minimum absolute atomic E-state index is 0.00305. The van der Waals surface area contributed by atoms with Crippen molar-refractivity contribution in [1.82, 2.24) is 25.3 Å². The van der Waals surface area contributed by atoms with Gasteiger partial charge in [-0.3, -0.25) is 0 Å². The second kappa shape index (κ2) is 10.4. The number of methoxy groups -OCH3 is 1. The van der Waals surface area contributed by atoms with Crippen LogP contribution in [0, 0.1) is 11.6 Å². The Morgan fingerprint density at radius 1 is 1.12 bits per heavy atom. The molecule has 0 saturated carbocycles. The zero-order valence-electron chi connectivity index (χ0n) is 18.4. The lowest BCUT2D eigenvalue weighted by atomic mass is 10.0. The van der Waals surface area contributed by atoms with Crippen LogP contribution in [0.15, 0.2) is 48.8 Å². The molecule has 0 radical (unpaired) electrons. The number of halogens is 2. The zero-order chi connectivity index (χ0) is 24.1. The van der Waals surface area contributed by atoms with E-state index in [0.717, 1.165) is 17.4 Å². The topological polar surface area (TPSA) is 134 Å². The minimum Gasteiger partial charge on any atom is -0.497 e. The number of nitrogen functional groups attached to an aromatic ring is 1. The molecule has 2 atom stereocenters. The van der Waals surface area contributed by atoms with Gasteiger partial charge in [-0.25, -0.2) is 13.8 Å². The van der Waals surface area contributed by atoms with Crippen molar-refractivity contribution in [3.63, 3.8) is 0 Å². The summed E-state index contributed by atoms with van der Waals surface area (Å²) in [6.45, 7) is 0.681. The summed E-state index contributed by atoms with van der Waals surface area (Å²) in [5, 5.41) is 17.3. The number of aromatic nitrogens is 4. The van der Waals surface area contributed by atoms with E-state index in [-0.39, 0.29) is 18.9 Å². The maximum Gasteiger partial charge on any atom is 0.224 e. The fourth-order valence-electron chi connectivity index (χ4n) is 3.69. The molecule has 2 aromatic heterocycles. The van der Waals surface area contributed by atoms with Crippen LogP contribution in [-0.2, 0) is 13.0 Å². The summed E-state index contributed by atoms with van der Waals surface area (Å²) in [6.07, 6.45) is 0.620. The van der Waals surface area contributed by atoms with Crippen LogP contribution in [0.1, 0.15) is 11.1 Å². The van der Waals surface area contributed by atoms with Gasteiger partial charge in [0.25, 0.3) is 0 Å². The summed E-state index contributed by atoms with van der Waals surface area (Å²) in [6, 6.07) is 10.2. The van der Waals surface area contributed by atoms with Gasteiger partial charge in [0.1, 0.15) is 22.9 Å². The molecule has 0 amide bonds. The second-order valence-corrected chi connectivity index (χ2v) is 7.81. The number of H-pyrrole nitrogens is 1. The molecule has 0 bridgehead atoms. The number of aromatic amines is 1. The predicted molar refractivity (Wildman–Crippen MR) is 124 cm³/mol. The SMILES string of the molecule is COc1cccc(CNC[C@@H](O)[C@H](Cc2cc(F)cc(F)c2)Nc2nc(N)nc3nc[nH]c23)c1. The van der Waals surface area contributed by atoms with Crippen LogP contribution in [0.5, 0.6) is 5.75 Å². The van der Waals surface area contributed by atoms with E-state index in [4.69, 9.17) is 10.5 Å². The van der Waals surface area contributed by atoms with Gasteiger partial charge in [0, 0.05) is 19.2 Å². The number of nitrogens with two attached hydrogens (primary N) is 1. The standard InChI is InChI=1S/C23H25F2N7O2/c1-34-17-4-2-3-13(7-17)10-27-11-19(33)18(8-14-5-15(24)9-16(25)6-14)30-22-20-21(29-12-28-20)31-23(26)32-22/h2-7,9,12,18-19,27,33H,8,10-11H2,1H3,(H4,26,28,29,30,31,32)/t18-,19+/m0/s1. The van der Waals surface area contributed by atoms with Crippen LogP contribution in [-0.4, -0.2) is 50.8 Å². The Kier molecular flexibility index (Phi) is 7.14. The first-order valence-corrected chi connectivity index (χ1v) is 10.6. The summed E-state index contributed by atoms with van der Waals surface area (Å²) in [5.74, 6) is -0.322. The normalized spacial score (nSPS) is 13.1. The number of aliphatic hydroxyl groups excluding tert-OH is 1. The largest absolute Gasteiger partial charge is 0.497 e. The zero-order valence-corrected chi connectivity index (χ0v) is 18.4. The quantitative estimate of drug-likeness (QED) is 0.239. The van der Waals surface area contributed by atoms with Gasteiger partial charge in [0.05, 0.1) is 25.6 Å². The average molecular weight is 469 g/mol. The van der Waals surface area contributed by atoms with E-state index < -0.39 is 23.8 Å². The highest BCUT2D eigenvalue weighted by Crippen LogP contribution is 2.21. The number of hydrogen-bond acceptors (Lipinski definition) is 8. The molecule has 0 fully saturated rings. The highest BCUT2D eigenvalue weighted by atomic mass is 19.1. The summed E-state index contributed by atoms with van der Waals surface area (Å²) in [7, 11) is 1.60. The second-order valence-electron chi connectivity index (χ2n) is 7.81. The maximum atomic E-state index is 13.8. The van der Waals surface area contributed by atoms with Crippen LogP contribution in [0.3, 0.4) is 0 Å². The monoisotopic (exact) mass is 469 g/mol. The van der Waals surface area contributed by atoms with Gasteiger partial charge in [-0.1, -0.05) is 12.1 Å². The summed E-state index contributed by atoms with van der Waals surface area (Å²) in [4.78, 5) is 15.3. The number of anilines is 2. The van der Waals surface area contributed by atoms with Crippen LogP contribution in [0.2, 0.25) is 0 Å². The first kappa shape index (κ1) is 23.3. The molecule has 0 aliphatic heterocycles. The molecular formula is C23H25F2N7O2. The number of nitrogens with zero attached hydrogens (tertiary/aromatic N) is 3. The molecule has 4 rings (SSSR count). The highest BCUT2D eigenvalue weighted by Gasteiger charge is 2.23. The molecule has 0 saturated heterocycles. The third-order valence-corrected chi connectivity index (χ3v) is 5.28. The van der Waals surface area contributed by atoms with Crippen molar-refractivity contribution in [2.45, 2.75) is 25.1 Å². The molecule has 0 aliphatic rings. The molecule has 11 heteroatoms. The molecule has 0 spiro atoms. The van der Waals surface area contributed by atoms with E-state index in [2.05, 4.69) is 30.6 Å². The van der Waals surface area contributed by atoms with Crippen molar-refractivity contribution < 1.29 is 18.6 Å². The van der Waals surface area contributed by atoms with Crippen molar-refractivity contribution in [3.05, 3.63) is 71.6 Å². The van der Waals surface area contributed by atoms with Crippen molar-refractivity contribution in [2.24, 2.45) is 0 Å². The average Bonchev–Trinajstić information content (AvgIpc) is 3.26. The fraction of sp³-hybridized carbons (Fsp3) is 0.261. The van der Waals surface area contributed by atoms with Crippen LogP contribution in [0.25, 0.3) is 11.2 Å². The van der Waals surface area contributed by atoms with Gasteiger partial charge in [-0.05, 0) is 41.8 Å². The smallest absolute Gasteiger partial charge is 0.224 e. The van der Waals surface area contributed by atoms with Crippen molar-refractivity contribution in [1.29, 1.82) is 0 Å². The van der Waals surface area contributed by atoms with Crippen molar-refractivity contribution in [3.8, 4) is 5.75 Å². The predicted octanol–water partition coefficient (Wildman–Crippen LogP) is 2.40. The Morgan fingerprint density at radius 3 is 2.68 bits per heavy atom. The summed E-state index contributed by atoms with van der Waals surface area (Å²) < 4.78 is 32.8. The lowest BCUT2D eigenvalue weighted by Crippen LogP contribution is -2.42. The van der Waals surface area contributed by atoms with E-state index >= 15 is 0 Å². The molecule has 4 aromatic rings. The van der Waals surface area contributed by atoms with E-state index in [1.807, 2.05) is 24.3 Å². The molecule has 2 aromatic carbocycles. The Morgan fingerprint density at radius 2 is 1.91 bits per heavy atom. The van der Waals surface area contributed by atoms with Crippen LogP contribution in [0.4, 0.5) is 20.5 Å².